The van der Waals surface area contributed by atoms with Crippen LogP contribution in [0.4, 0.5) is 5.69 Å². The van der Waals surface area contributed by atoms with Crippen LogP contribution in [0.25, 0.3) is 0 Å². The van der Waals surface area contributed by atoms with E-state index >= 15 is 0 Å². The lowest BCUT2D eigenvalue weighted by Crippen LogP contribution is -2.33. The molecule has 16 heavy (non-hydrogen) atoms. The first-order valence-corrected chi connectivity index (χ1v) is 4.84. The standard InChI is InChI=1S/C10H11ClN2O3/c1-13(9(14)5-12)8-3-2-6(11)4-7(8)10(15)16/h2-4H,5,12H2,1H3,(H,15,16). The summed E-state index contributed by atoms with van der Waals surface area (Å²) < 4.78 is 0. The highest BCUT2D eigenvalue weighted by atomic mass is 35.5. The third-order valence-electron chi connectivity index (χ3n) is 2.10. The van der Waals surface area contributed by atoms with Crippen molar-refractivity contribution in [2.75, 3.05) is 18.5 Å². The first-order chi connectivity index (χ1) is 7.47. The molecular weight excluding hydrogens is 232 g/mol. The van der Waals surface area contributed by atoms with Gasteiger partial charge in [-0.05, 0) is 18.2 Å². The van der Waals surface area contributed by atoms with Crippen LogP contribution < -0.4 is 10.6 Å². The number of rotatable bonds is 3. The van der Waals surface area contributed by atoms with Crippen LogP contribution in [0.15, 0.2) is 18.2 Å². The van der Waals surface area contributed by atoms with Crippen LogP contribution in [-0.2, 0) is 4.79 Å². The van der Waals surface area contributed by atoms with Crippen molar-refractivity contribution in [1.82, 2.24) is 0 Å². The number of nitrogens with zero attached hydrogens (tertiary/aromatic N) is 1. The van der Waals surface area contributed by atoms with E-state index in [1.165, 1.54) is 30.1 Å². The van der Waals surface area contributed by atoms with Crippen LogP contribution in [0.3, 0.4) is 0 Å². The van der Waals surface area contributed by atoms with Gasteiger partial charge in [0.15, 0.2) is 0 Å². The average molecular weight is 243 g/mol. The number of aromatic carboxylic acids is 1. The van der Waals surface area contributed by atoms with Gasteiger partial charge in [0.05, 0.1) is 17.8 Å². The van der Waals surface area contributed by atoms with Gasteiger partial charge in [0, 0.05) is 12.1 Å². The Bertz CT molecular complexity index is 434. The van der Waals surface area contributed by atoms with Crippen molar-refractivity contribution in [1.29, 1.82) is 0 Å². The third-order valence-corrected chi connectivity index (χ3v) is 2.33. The molecule has 0 aliphatic rings. The predicted octanol–water partition coefficient (Wildman–Crippen LogP) is 0.960. The molecule has 1 amide bonds. The molecule has 0 bridgehead atoms. The number of hydrogen-bond donors (Lipinski definition) is 2. The Labute approximate surface area is 97.4 Å². The number of halogens is 1. The van der Waals surface area contributed by atoms with E-state index in [1.54, 1.807) is 0 Å². The molecule has 0 heterocycles. The summed E-state index contributed by atoms with van der Waals surface area (Å²) in [5.41, 5.74) is 5.44. The molecule has 0 aromatic heterocycles. The summed E-state index contributed by atoms with van der Waals surface area (Å²) in [6.45, 7) is -0.182. The minimum Gasteiger partial charge on any atom is -0.478 e. The summed E-state index contributed by atoms with van der Waals surface area (Å²) in [6, 6.07) is 4.28. The molecule has 1 aromatic rings. The zero-order valence-electron chi connectivity index (χ0n) is 8.61. The maximum absolute atomic E-state index is 11.3. The normalized spacial score (nSPS) is 9.94. The summed E-state index contributed by atoms with van der Waals surface area (Å²) >= 11 is 5.69. The van der Waals surface area contributed by atoms with Crippen LogP contribution in [0.2, 0.25) is 5.02 Å². The maximum atomic E-state index is 11.3. The van der Waals surface area contributed by atoms with Crippen molar-refractivity contribution < 1.29 is 14.7 Å². The lowest BCUT2D eigenvalue weighted by atomic mass is 10.1. The number of benzene rings is 1. The molecule has 86 valence electrons. The fourth-order valence-electron chi connectivity index (χ4n) is 1.24. The second kappa shape index (κ2) is 4.96. The summed E-state index contributed by atoms with van der Waals surface area (Å²) in [7, 11) is 1.46. The van der Waals surface area contributed by atoms with Crippen molar-refractivity contribution in [2.24, 2.45) is 5.73 Å². The summed E-state index contributed by atoms with van der Waals surface area (Å²) in [4.78, 5) is 23.5. The van der Waals surface area contributed by atoms with Gasteiger partial charge >= 0.3 is 5.97 Å². The second-order valence-corrected chi connectivity index (χ2v) is 3.56. The van der Waals surface area contributed by atoms with Gasteiger partial charge in [-0.1, -0.05) is 11.6 Å². The number of carbonyl (C=O) groups excluding carboxylic acids is 1. The van der Waals surface area contributed by atoms with Crippen LogP contribution in [0, 0.1) is 0 Å². The van der Waals surface area contributed by atoms with Crippen LogP contribution in [0.1, 0.15) is 10.4 Å². The number of nitrogens with two attached hydrogens (primary N) is 1. The number of hydrogen-bond acceptors (Lipinski definition) is 3. The van der Waals surface area contributed by atoms with E-state index in [1.807, 2.05) is 0 Å². The Morgan fingerprint density at radius 1 is 1.50 bits per heavy atom. The van der Waals surface area contributed by atoms with Gasteiger partial charge in [0.25, 0.3) is 0 Å². The third kappa shape index (κ3) is 2.50. The Morgan fingerprint density at radius 3 is 2.62 bits per heavy atom. The van der Waals surface area contributed by atoms with E-state index in [2.05, 4.69) is 0 Å². The lowest BCUT2D eigenvalue weighted by Gasteiger charge is -2.18. The minimum atomic E-state index is -1.14. The highest BCUT2D eigenvalue weighted by Crippen LogP contribution is 2.23. The van der Waals surface area contributed by atoms with E-state index in [0.717, 1.165) is 0 Å². The Kier molecular flexibility index (Phi) is 3.87. The molecule has 0 atom stereocenters. The van der Waals surface area contributed by atoms with E-state index in [9.17, 15) is 9.59 Å². The maximum Gasteiger partial charge on any atom is 0.337 e. The Hall–Kier alpha value is -1.59. The van der Waals surface area contributed by atoms with Gasteiger partial charge in [-0.2, -0.15) is 0 Å². The van der Waals surface area contributed by atoms with Gasteiger partial charge in [-0.3, -0.25) is 4.79 Å². The zero-order valence-corrected chi connectivity index (χ0v) is 9.36. The average Bonchev–Trinajstić information content (AvgIpc) is 2.26. The van der Waals surface area contributed by atoms with Crippen LogP contribution in [0.5, 0.6) is 0 Å². The number of amides is 1. The molecule has 1 rings (SSSR count). The monoisotopic (exact) mass is 242 g/mol. The molecule has 0 aliphatic carbocycles. The topological polar surface area (TPSA) is 83.6 Å². The van der Waals surface area contributed by atoms with Gasteiger partial charge < -0.3 is 15.7 Å². The number of likely N-dealkylation sites (N-methyl/N-ethyl adjacent to an activating group) is 1. The van der Waals surface area contributed by atoms with Crippen molar-refractivity contribution in [3.8, 4) is 0 Å². The van der Waals surface area contributed by atoms with Crippen LogP contribution >= 0.6 is 11.6 Å². The van der Waals surface area contributed by atoms with Gasteiger partial charge in [-0.25, -0.2) is 4.79 Å². The number of carboxylic acids is 1. The highest BCUT2D eigenvalue weighted by molar-refractivity contribution is 6.31. The van der Waals surface area contributed by atoms with E-state index in [0.29, 0.717) is 5.02 Å². The smallest absolute Gasteiger partial charge is 0.337 e. The van der Waals surface area contributed by atoms with Crippen LogP contribution in [-0.4, -0.2) is 30.6 Å². The van der Waals surface area contributed by atoms with Gasteiger partial charge in [-0.15, -0.1) is 0 Å². The zero-order chi connectivity index (χ0) is 12.3. The van der Waals surface area contributed by atoms with E-state index < -0.39 is 5.97 Å². The van der Waals surface area contributed by atoms with E-state index in [-0.39, 0.29) is 23.7 Å². The molecule has 0 unspecified atom stereocenters. The Balaban J connectivity index is 3.22. The summed E-state index contributed by atoms with van der Waals surface area (Å²) in [5.74, 6) is -1.51. The van der Waals surface area contributed by atoms with Gasteiger partial charge in [0.2, 0.25) is 5.91 Å². The molecule has 1 aromatic carbocycles. The molecule has 5 nitrogen and oxygen atoms in total. The molecule has 0 aliphatic heterocycles. The van der Waals surface area contributed by atoms with Gasteiger partial charge in [0.1, 0.15) is 0 Å². The lowest BCUT2D eigenvalue weighted by molar-refractivity contribution is -0.117. The molecule has 0 saturated heterocycles. The molecular formula is C10H11ClN2O3. The summed E-state index contributed by atoms with van der Waals surface area (Å²) in [6.07, 6.45) is 0. The van der Waals surface area contributed by atoms with Crippen molar-refractivity contribution in [3.63, 3.8) is 0 Å². The van der Waals surface area contributed by atoms with E-state index in [4.69, 9.17) is 22.4 Å². The molecule has 0 radical (unpaired) electrons. The van der Waals surface area contributed by atoms with Crippen molar-refractivity contribution in [2.45, 2.75) is 0 Å². The number of carboxylic acid groups (broad SMARTS) is 1. The fourth-order valence-corrected chi connectivity index (χ4v) is 1.42. The molecule has 0 saturated carbocycles. The highest BCUT2D eigenvalue weighted by Gasteiger charge is 2.17. The fraction of sp³-hybridized carbons (Fsp3) is 0.200. The number of carbonyl (C=O) groups is 2. The molecule has 0 fully saturated rings. The predicted molar refractivity (Wildman–Crippen MR) is 60.9 cm³/mol. The summed E-state index contributed by atoms with van der Waals surface area (Å²) in [5, 5.41) is 9.27. The second-order valence-electron chi connectivity index (χ2n) is 3.12. The largest absolute Gasteiger partial charge is 0.478 e. The number of anilines is 1. The van der Waals surface area contributed by atoms with Crippen molar-refractivity contribution >= 4 is 29.2 Å². The first-order valence-electron chi connectivity index (χ1n) is 4.47. The quantitative estimate of drug-likeness (QED) is 0.827. The Morgan fingerprint density at radius 2 is 2.12 bits per heavy atom. The first kappa shape index (κ1) is 12.5. The molecule has 6 heteroatoms. The van der Waals surface area contributed by atoms with Crippen molar-refractivity contribution in [3.05, 3.63) is 28.8 Å². The molecule has 3 N–H and O–H groups in total. The molecule has 0 spiro atoms. The SMILES string of the molecule is CN(C(=O)CN)c1ccc(Cl)cc1C(=O)O. The minimum absolute atomic E-state index is 0.0307.